The second kappa shape index (κ2) is 16.9. The Labute approximate surface area is 172 Å². The van der Waals surface area contributed by atoms with Crippen molar-refractivity contribution >= 4 is 11.9 Å². The molecule has 1 fully saturated rings. The maximum absolute atomic E-state index is 11.9. The van der Waals surface area contributed by atoms with E-state index in [1.807, 2.05) is 0 Å². The number of rotatable bonds is 19. The van der Waals surface area contributed by atoms with Gasteiger partial charge in [0.15, 0.2) is 0 Å². The molecule has 0 aliphatic heterocycles. The van der Waals surface area contributed by atoms with Crippen LogP contribution in [0.2, 0.25) is 0 Å². The third kappa shape index (κ3) is 13.2. The molecule has 1 saturated carbocycles. The highest BCUT2D eigenvalue weighted by atomic mass is 16.5. The molecule has 0 bridgehead atoms. The van der Waals surface area contributed by atoms with Gasteiger partial charge in [0.1, 0.15) is 0 Å². The van der Waals surface area contributed by atoms with Gasteiger partial charge in [0.2, 0.25) is 0 Å². The number of aliphatic carboxylic acids is 1. The van der Waals surface area contributed by atoms with Gasteiger partial charge in [0, 0.05) is 12.8 Å². The smallest absolute Gasteiger partial charge is 0.305 e. The van der Waals surface area contributed by atoms with Crippen molar-refractivity contribution in [2.75, 3.05) is 6.61 Å². The molecule has 0 unspecified atom stereocenters. The van der Waals surface area contributed by atoms with Crippen molar-refractivity contribution in [2.45, 2.75) is 122 Å². The topological polar surface area (TPSA) is 63.6 Å². The summed E-state index contributed by atoms with van der Waals surface area (Å²) in [5.41, 5.74) is 0. The van der Waals surface area contributed by atoms with E-state index in [0.29, 0.717) is 25.4 Å². The minimum atomic E-state index is -0.681. The van der Waals surface area contributed by atoms with Crippen molar-refractivity contribution in [2.24, 2.45) is 11.8 Å². The minimum Gasteiger partial charge on any atom is -0.481 e. The van der Waals surface area contributed by atoms with E-state index in [9.17, 15) is 9.59 Å². The van der Waals surface area contributed by atoms with Crippen LogP contribution in [0.15, 0.2) is 0 Å². The molecule has 1 aliphatic rings. The Bertz CT molecular complexity index is 407. The average Bonchev–Trinajstić information content (AvgIpc) is 2.65. The lowest BCUT2D eigenvalue weighted by molar-refractivity contribution is -0.147. The second-order valence-electron chi connectivity index (χ2n) is 8.71. The van der Waals surface area contributed by atoms with Gasteiger partial charge >= 0.3 is 11.9 Å². The summed E-state index contributed by atoms with van der Waals surface area (Å²) >= 11 is 0. The van der Waals surface area contributed by atoms with E-state index in [4.69, 9.17) is 9.84 Å². The quantitative estimate of drug-likeness (QED) is 0.190. The fraction of sp³-hybridized carbons (Fsp3) is 0.917. The van der Waals surface area contributed by atoms with Crippen LogP contribution in [0.4, 0.5) is 0 Å². The maximum Gasteiger partial charge on any atom is 0.305 e. The summed E-state index contributed by atoms with van der Waals surface area (Å²) in [6.45, 7) is 2.87. The molecule has 28 heavy (non-hydrogen) atoms. The molecule has 0 saturated heterocycles. The van der Waals surface area contributed by atoms with Crippen LogP contribution < -0.4 is 0 Å². The largest absolute Gasteiger partial charge is 0.481 e. The number of hydrogen-bond donors (Lipinski definition) is 1. The summed E-state index contributed by atoms with van der Waals surface area (Å²) in [4.78, 5) is 22.4. The number of ether oxygens (including phenoxy) is 1. The van der Waals surface area contributed by atoms with Crippen molar-refractivity contribution in [3.8, 4) is 0 Å². The summed E-state index contributed by atoms with van der Waals surface area (Å²) in [5.74, 6) is 0.659. The third-order valence-corrected chi connectivity index (χ3v) is 6.23. The molecular weight excluding hydrogens is 352 g/mol. The van der Waals surface area contributed by atoms with E-state index >= 15 is 0 Å². The van der Waals surface area contributed by atoms with Crippen molar-refractivity contribution < 1.29 is 19.4 Å². The maximum atomic E-state index is 11.9. The standard InChI is InChI=1S/C24H44O4/c1-2-3-4-5-6-11-14-17-24(27)28-20-22-19-18-21(22)15-12-9-7-8-10-13-16-23(25)26/h21-22H,2-20H2,1H3,(H,25,26)/t21-,22-/m1/s1. The molecule has 0 amide bonds. The number of carboxylic acids is 1. The third-order valence-electron chi connectivity index (χ3n) is 6.23. The molecule has 2 atom stereocenters. The predicted octanol–water partition coefficient (Wildman–Crippen LogP) is 6.90. The van der Waals surface area contributed by atoms with Gasteiger partial charge < -0.3 is 9.84 Å². The highest BCUT2D eigenvalue weighted by molar-refractivity contribution is 5.69. The summed E-state index contributed by atoms with van der Waals surface area (Å²) in [5, 5.41) is 8.61. The molecular formula is C24H44O4. The van der Waals surface area contributed by atoms with Gasteiger partial charge in [-0.3, -0.25) is 9.59 Å². The van der Waals surface area contributed by atoms with Gasteiger partial charge in [-0.2, -0.15) is 0 Å². The van der Waals surface area contributed by atoms with Gasteiger partial charge in [-0.1, -0.05) is 84.0 Å². The molecule has 1 N–H and O–H groups in total. The van der Waals surface area contributed by atoms with Crippen molar-refractivity contribution in [1.82, 2.24) is 0 Å². The van der Waals surface area contributed by atoms with Crippen LogP contribution in [0, 0.1) is 11.8 Å². The lowest BCUT2D eigenvalue weighted by Gasteiger charge is -2.36. The van der Waals surface area contributed by atoms with Crippen LogP contribution in [0.25, 0.3) is 0 Å². The Balaban J connectivity index is 1.90. The zero-order valence-electron chi connectivity index (χ0n) is 18.3. The lowest BCUT2D eigenvalue weighted by atomic mass is 9.71. The number of esters is 1. The van der Waals surface area contributed by atoms with Gasteiger partial charge in [-0.25, -0.2) is 0 Å². The first kappa shape index (κ1) is 25.0. The summed E-state index contributed by atoms with van der Waals surface area (Å²) < 4.78 is 5.53. The van der Waals surface area contributed by atoms with E-state index in [-0.39, 0.29) is 5.97 Å². The van der Waals surface area contributed by atoms with Gasteiger partial charge in [0.05, 0.1) is 6.61 Å². The van der Waals surface area contributed by atoms with Crippen LogP contribution in [0.1, 0.15) is 122 Å². The number of carbonyl (C=O) groups excluding carboxylic acids is 1. The average molecular weight is 397 g/mol. The minimum absolute atomic E-state index is 0.000527. The molecule has 0 aromatic heterocycles. The fourth-order valence-corrected chi connectivity index (χ4v) is 4.13. The van der Waals surface area contributed by atoms with Crippen molar-refractivity contribution in [3.05, 3.63) is 0 Å². The predicted molar refractivity (Wildman–Crippen MR) is 114 cm³/mol. The SMILES string of the molecule is CCCCCCCCCC(=O)OC[C@H]1CC[C@H]1CCCCCCCCC(=O)O. The first-order chi connectivity index (χ1) is 13.6. The number of carbonyl (C=O) groups is 2. The summed E-state index contributed by atoms with van der Waals surface area (Å²) in [6.07, 6.45) is 20.0. The Hall–Kier alpha value is -1.06. The van der Waals surface area contributed by atoms with Crippen LogP contribution in [-0.4, -0.2) is 23.7 Å². The number of hydrogen-bond acceptors (Lipinski definition) is 3. The van der Waals surface area contributed by atoms with Crippen LogP contribution in [0.5, 0.6) is 0 Å². The van der Waals surface area contributed by atoms with Gasteiger partial charge in [-0.15, -0.1) is 0 Å². The molecule has 164 valence electrons. The number of unbranched alkanes of at least 4 members (excludes halogenated alkanes) is 11. The molecule has 0 spiro atoms. The Morgan fingerprint density at radius 1 is 0.750 bits per heavy atom. The molecule has 4 nitrogen and oxygen atoms in total. The van der Waals surface area contributed by atoms with Gasteiger partial charge in [-0.05, 0) is 37.5 Å². The van der Waals surface area contributed by atoms with E-state index < -0.39 is 5.97 Å². The number of carboxylic acid groups (broad SMARTS) is 1. The molecule has 0 aromatic carbocycles. The first-order valence-electron chi connectivity index (χ1n) is 12.0. The second-order valence-corrected chi connectivity index (χ2v) is 8.71. The highest BCUT2D eigenvalue weighted by Crippen LogP contribution is 2.38. The summed E-state index contributed by atoms with van der Waals surface area (Å²) in [7, 11) is 0. The molecule has 0 heterocycles. The molecule has 1 rings (SSSR count). The van der Waals surface area contributed by atoms with E-state index in [2.05, 4.69) is 6.92 Å². The molecule has 0 aromatic rings. The zero-order valence-corrected chi connectivity index (χ0v) is 18.3. The highest BCUT2D eigenvalue weighted by Gasteiger charge is 2.31. The molecule has 4 heteroatoms. The lowest BCUT2D eigenvalue weighted by Crippen LogP contribution is -2.30. The zero-order chi connectivity index (χ0) is 20.5. The van der Waals surface area contributed by atoms with E-state index in [1.165, 1.54) is 70.6 Å². The molecule has 0 radical (unpaired) electrons. The first-order valence-corrected chi connectivity index (χ1v) is 12.0. The monoisotopic (exact) mass is 396 g/mol. The van der Waals surface area contributed by atoms with Crippen LogP contribution >= 0.6 is 0 Å². The summed E-state index contributed by atoms with van der Waals surface area (Å²) in [6, 6.07) is 0. The van der Waals surface area contributed by atoms with Crippen molar-refractivity contribution in [3.63, 3.8) is 0 Å². The van der Waals surface area contributed by atoms with Gasteiger partial charge in [0.25, 0.3) is 0 Å². The Kier molecular flexibility index (Phi) is 15.0. The van der Waals surface area contributed by atoms with Crippen LogP contribution in [-0.2, 0) is 14.3 Å². The van der Waals surface area contributed by atoms with Crippen LogP contribution in [0.3, 0.4) is 0 Å². The van der Waals surface area contributed by atoms with Crippen molar-refractivity contribution in [1.29, 1.82) is 0 Å². The Morgan fingerprint density at radius 2 is 1.29 bits per heavy atom. The van der Waals surface area contributed by atoms with E-state index in [0.717, 1.165) is 38.0 Å². The molecule has 1 aliphatic carbocycles. The fourth-order valence-electron chi connectivity index (χ4n) is 4.13. The Morgan fingerprint density at radius 3 is 1.86 bits per heavy atom. The van der Waals surface area contributed by atoms with E-state index in [1.54, 1.807) is 0 Å². The normalized spacial score (nSPS) is 18.6.